The van der Waals surface area contributed by atoms with Gasteiger partial charge in [0.2, 0.25) is 0 Å². The Morgan fingerprint density at radius 1 is 1.13 bits per heavy atom. The first-order valence-corrected chi connectivity index (χ1v) is 5.13. The average Bonchev–Trinajstić information content (AvgIpc) is 2.19. The number of nitriles is 1. The maximum Gasteiger partial charge on any atom is 0.119 e. The molecule has 1 aromatic rings. The minimum Gasteiger partial charge on any atom is -0.368 e. The van der Waals surface area contributed by atoms with Gasteiger partial charge in [-0.2, -0.15) is 5.26 Å². The average molecular weight is 202 g/mol. The molecular formula is C13H18N2. The van der Waals surface area contributed by atoms with E-state index in [2.05, 4.69) is 38.2 Å². The van der Waals surface area contributed by atoms with E-state index in [4.69, 9.17) is 5.26 Å². The Labute approximate surface area is 91.9 Å². The number of nitrogens with zero attached hydrogens (tertiary/aromatic N) is 1. The standard InChI is InChI=1S/C13H18N2/c1-9-6-7-12(11(3)10(9)2)15-13(4,5)8-14/h6-7,15H,1-5H3. The summed E-state index contributed by atoms with van der Waals surface area (Å²) in [7, 11) is 0. The van der Waals surface area contributed by atoms with E-state index in [1.807, 2.05) is 19.9 Å². The van der Waals surface area contributed by atoms with Gasteiger partial charge in [0, 0.05) is 5.69 Å². The summed E-state index contributed by atoms with van der Waals surface area (Å²) >= 11 is 0. The molecular weight excluding hydrogens is 184 g/mol. The third-order valence-corrected chi connectivity index (χ3v) is 2.78. The van der Waals surface area contributed by atoms with Crippen LogP contribution >= 0.6 is 0 Å². The minimum absolute atomic E-state index is 0.521. The van der Waals surface area contributed by atoms with Crippen LogP contribution in [0.5, 0.6) is 0 Å². The first-order chi connectivity index (χ1) is 6.87. The van der Waals surface area contributed by atoms with Crippen LogP contribution < -0.4 is 5.32 Å². The van der Waals surface area contributed by atoms with E-state index in [1.54, 1.807) is 0 Å². The molecule has 0 saturated heterocycles. The molecule has 2 nitrogen and oxygen atoms in total. The molecule has 0 bridgehead atoms. The van der Waals surface area contributed by atoms with Gasteiger partial charge in [-0.15, -0.1) is 0 Å². The highest BCUT2D eigenvalue weighted by Gasteiger charge is 2.17. The lowest BCUT2D eigenvalue weighted by atomic mass is 10.0. The second-order valence-electron chi connectivity index (χ2n) is 4.54. The highest BCUT2D eigenvalue weighted by molar-refractivity contribution is 5.58. The molecule has 0 unspecified atom stereocenters. The molecule has 0 fully saturated rings. The third kappa shape index (κ3) is 2.50. The molecule has 0 atom stereocenters. The van der Waals surface area contributed by atoms with Gasteiger partial charge >= 0.3 is 0 Å². The second kappa shape index (κ2) is 3.94. The minimum atomic E-state index is -0.521. The fraction of sp³-hybridized carbons (Fsp3) is 0.462. The summed E-state index contributed by atoms with van der Waals surface area (Å²) in [5, 5.41) is 12.2. The molecule has 0 aliphatic heterocycles. The summed E-state index contributed by atoms with van der Waals surface area (Å²) in [4.78, 5) is 0. The lowest BCUT2D eigenvalue weighted by Gasteiger charge is -2.22. The van der Waals surface area contributed by atoms with Crippen molar-refractivity contribution >= 4 is 5.69 Å². The number of nitrogens with one attached hydrogen (secondary N) is 1. The fourth-order valence-electron chi connectivity index (χ4n) is 1.46. The molecule has 0 radical (unpaired) electrons. The first kappa shape index (κ1) is 11.6. The van der Waals surface area contributed by atoms with Gasteiger partial charge in [-0.3, -0.25) is 0 Å². The summed E-state index contributed by atoms with van der Waals surface area (Å²) in [6, 6.07) is 6.36. The molecule has 1 aromatic carbocycles. The first-order valence-electron chi connectivity index (χ1n) is 5.13. The van der Waals surface area contributed by atoms with Crippen molar-refractivity contribution < 1.29 is 0 Å². The van der Waals surface area contributed by atoms with Crippen LogP contribution in [0.1, 0.15) is 30.5 Å². The molecule has 15 heavy (non-hydrogen) atoms. The summed E-state index contributed by atoms with van der Waals surface area (Å²) < 4.78 is 0. The number of benzene rings is 1. The number of hydrogen-bond acceptors (Lipinski definition) is 2. The van der Waals surface area contributed by atoms with Crippen LogP contribution in [0.2, 0.25) is 0 Å². The zero-order valence-corrected chi connectivity index (χ0v) is 10.1. The van der Waals surface area contributed by atoms with Crippen molar-refractivity contribution in [2.75, 3.05) is 5.32 Å². The Bertz CT molecular complexity index is 411. The van der Waals surface area contributed by atoms with Crippen molar-refractivity contribution in [3.8, 4) is 6.07 Å². The Morgan fingerprint density at radius 3 is 2.27 bits per heavy atom. The van der Waals surface area contributed by atoms with E-state index in [0.29, 0.717) is 0 Å². The quantitative estimate of drug-likeness (QED) is 0.798. The Balaban J connectivity index is 3.09. The molecule has 0 spiro atoms. The SMILES string of the molecule is Cc1ccc(NC(C)(C)C#N)c(C)c1C. The van der Waals surface area contributed by atoms with Crippen LogP contribution in [-0.2, 0) is 0 Å². The van der Waals surface area contributed by atoms with Gasteiger partial charge < -0.3 is 5.32 Å². The van der Waals surface area contributed by atoms with E-state index in [-0.39, 0.29) is 0 Å². The molecule has 0 amide bonds. The third-order valence-electron chi connectivity index (χ3n) is 2.78. The van der Waals surface area contributed by atoms with E-state index < -0.39 is 5.54 Å². The zero-order valence-electron chi connectivity index (χ0n) is 10.1. The summed E-state index contributed by atoms with van der Waals surface area (Å²) in [6.07, 6.45) is 0. The predicted molar refractivity (Wildman–Crippen MR) is 64.0 cm³/mol. The lowest BCUT2D eigenvalue weighted by Crippen LogP contribution is -2.28. The molecule has 0 saturated carbocycles. The second-order valence-corrected chi connectivity index (χ2v) is 4.54. The van der Waals surface area contributed by atoms with Crippen LogP contribution in [0.3, 0.4) is 0 Å². The van der Waals surface area contributed by atoms with Gasteiger partial charge in [-0.1, -0.05) is 6.07 Å². The Hall–Kier alpha value is -1.49. The molecule has 0 aliphatic carbocycles. The van der Waals surface area contributed by atoms with Crippen molar-refractivity contribution in [1.29, 1.82) is 5.26 Å². The molecule has 80 valence electrons. The monoisotopic (exact) mass is 202 g/mol. The zero-order chi connectivity index (χ0) is 11.6. The van der Waals surface area contributed by atoms with Crippen LogP contribution in [0.4, 0.5) is 5.69 Å². The predicted octanol–water partition coefficient (Wildman–Crippen LogP) is 3.33. The van der Waals surface area contributed by atoms with Crippen molar-refractivity contribution in [2.45, 2.75) is 40.2 Å². The topological polar surface area (TPSA) is 35.8 Å². The Kier molecular flexibility index (Phi) is 3.04. The number of hydrogen-bond donors (Lipinski definition) is 1. The van der Waals surface area contributed by atoms with Crippen molar-refractivity contribution in [1.82, 2.24) is 0 Å². The molecule has 0 heterocycles. The largest absolute Gasteiger partial charge is 0.368 e. The highest BCUT2D eigenvalue weighted by Crippen LogP contribution is 2.24. The van der Waals surface area contributed by atoms with Gasteiger partial charge in [0.1, 0.15) is 5.54 Å². The van der Waals surface area contributed by atoms with Crippen molar-refractivity contribution in [3.05, 3.63) is 28.8 Å². The molecule has 1 rings (SSSR count). The van der Waals surface area contributed by atoms with E-state index >= 15 is 0 Å². The van der Waals surface area contributed by atoms with Gasteiger partial charge in [-0.05, 0) is 57.4 Å². The summed E-state index contributed by atoms with van der Waals surface area (Å²) in [6.45, 7) is 10.0. The molecule has 1 N–H and O–H groups in total. The number of anilines is 1. The van der Waals surface area contributed by atoms with Gasteiger partial charge in [-0.25, -0.2) is 0 Å². The molecule has 0 aliphatic rings. The van der Waals surface area contributed by atoms with E-state index in [0.717, 1.165) is 5.69 Å². The summed E-state index contributed by atoms with van der Waals surface area (Å²) in [5.74, 6) is 0. The normalized spacial score (nSPS) is 10.9. The van der Waals surface area contributed by atoms with Crippen LogP contribution in [-0.4, -0.2) is 5.54 Å². The van der Waals surface area contributed by atoms with E-state index in [9.17, 15) is 0 Å². The van der Waals surface area contributed by atoms with Gasteiger partial charge in [0.15, 0.2) is 0 Å². The molecule has 2 heteroatoms. The number of aryl methyl sites for hydroxylation is 1. The molecule has 0 aromatic heterocycles. The Morgan fingerprint density at radius 2 is 1.73 bits per heavy atom. The van der Waals surface area contributed by atoms with Gasteiger partial charge in [0.25, 0.3) is 0 Å². The maximum atomic E-state index is 8.96. The van der Waals surface area contributed by atoms with Crippen molar-refractivity contribution in [2.24, 2.45) is 0 Å². The smallest absolute Gasteiger partial charge is 0.119 e. The lowest BCUT2D eigenvalue weighted by molar-refractivity contribution is 0.727. The van der Waals surface area contributed by atoms with Gasteiger partial charge in [0.05, 0.1) is 6.07 Å². The highest BCUT2D eigenvalue weighted by atomic mass is 15.0. The van der Waals surface area contributed by atoms with Crippen molar-refractivity contribution in [3.63, 3.8) is 0 Å². The maximum absolute atomic E-state index is 8.96. The van der Waals surface area contributed by atoms with Crippen LogP contribution in [0.15, 0.2) is 12.1 Å². The summed E-state index contributed by atoms with van der Waals surface area (Å²) in [5.41, 5.74) is 4.32. The van der Waals surface area contributed by atoms with E-state index in [1.165, 1.54) is 16.7 Å². The van der Waals surface area contributed by atoms with Crippen LogP contribution in [0.25, 0.3) is 0 Å². The van der Waals surface area contributed by atoms with Crippen LogP contribution in [0, 0.1) is 32.1 Å². The fourth-order valence-corrected chi connectivity index (χ4v) is 1.46. The number of rotatable bonds is 2.